The van der Waals surface area contributed by atoms with Gasteiger partial charge in [-0.1, -0.05) is 13.3 Å². The third kappa shape index (κ3) is 3.25. The summed E-state index contributed by atoms with van der Waals surface area (Å²) in [5, 5.41) is 3.23. The molecule has 0 spiro atoms. The van der Waals surface area contributed by atoms with Crippen molar-refractivity contribution in [2.75, 3.05) is 13.1 Å². The minimum absolute atomic E-state index is 0. The van der Waals surface area contributed by atoms with E-state index in [1.54, 1.807) is 0 Å². The molecule has 110 valence electrons. The predicted molar refractivity (Wildman–Crippen MR) is 79.5 cm³/mol. The Kier molecular flexibility index (Phi) is 5.13. The second-order valence-electron chi connectivity index (χ2n) is 6.41. The number of nitrogens with zero attached hydrogens (tertiary/aromatic N) is 1. The molecule has 0 aromatic heterocycles. The van der Waals surface area contributed by atoms with Gasteiger partial charge in [0.1, 0.15) is 0 Å². The third-order valence-corrected chi connectivity index (χ3v) is 5.11. The largest absolute Gasteiger partial charge is 0.336 e. The summed E-state index contributed by atoms with van der Waals surface area (Å²) < 4.78 is 0. The number of carbonyl (C=O) groups excluding carboxylic acids is 1. The van der Waals surface area contributed by atoms with Crippen LogP contribution in [0.4, 0.5) is 0 Å². The summed E-state index contributed by atoms with van der Waals surface area (Å²) in [6, 6.07) is 1.16. The summed E-state index contributed by atoms with van der Waals surface area (Å²) in [5.74, 6) is 1.66. The van der Waals surface area contributed by atoms with Gasteiger partial charge in [-0.15, -0.1) is 12.4 Å². The molecule has 3 fully saturated rings. The minimum Gasteiger partial charge on any atom is -0.336 e. The van der Waals surface area contributed by atoms with Crippen LogP contribution in [-0.2, 0) is 4.79 Å². The van der Waals surface area contributed by atoms with Crippen LogP contribution in [0.25, 0.3) is 0 Å². The zero-order valence-electron chi connectivity index (χ0n) is 11.9. The van der Waals surface area contributed by atoms with Gasteiger partial charge in [-0.2, -0.15) is 0 Å². The highest BCUT2D eigenvalue weighted by molar-refractivity contribution is 5.85. The molecular formula is C15H27ClN2O. The van der Waals surface area contributed by atoms with Crippen molar-refractivity contribution < 1.29 is 4.79 Å². The first-order valence-corrected chi connectivity index (χ1v) is 7.82. The molecule has 0 radical (unpaired) electrons. The van der Waals surface area contributed by atoms with E-state index in [2.05, 4.69) is 17.1 Å². The van der Waals surface area contributed by atoms with Crippen LogP contribution in [0.5, 0.6) is 0 Å². The van der Waals surface area contributed by atoms with Gasteiger partial charge in [-0.25, -0.2) is 0 Å². The van der Waals surface area contributed by atoms with Gasteiger partial charge < -0.3 is 10.2 Å². The molecule has 3 nitrogen and oxygen atoms in total. The number of halogens is 1. The second kappa shape index (κ2) is 6.45. The van der Waals surface area contributed by atoms with Gasteiger partial charge in [0.15, 0.2) is 0 Å². The first kappa shape index (κ1) is 15.1. The number of carbonyl (C=O) groups is 1. The van der Waals surface area contributed by atoms with Crippen LogP contribution >= 0.6 is 12.4 Å². The van der Waals surface area contributed by atoms with Crippen LogP contribution in [0, 0.1) is 11.8 Å². The van der Waals surface area contributed by atoms with Gasteiger partial charge in [-0.05, 0) is 44.4 Å². The van der Waals surface area contributed by atoms with E-state index in [0.717, 1.165) is 19.0 Å². The molecule has 3 aliphatic rings. The molecule has 3 rings (SSSR count). The molecule has 0 bridgehead atoms. The van der Waals surface area contributed by atoms with E-state index in [9.17, 15) is 4.79 Å². The maximum atomic E-state index is 12.5. The fourth-order valence-electron chi connectivity index (χ4n) is 3.52. The number of rotatable bonds is 4. The lowest BCUT2D eigenvalue weighted by molar-refractivity contribution is -0.141. The standard InChI is InChI=1S/C15H26N2O.ClH/c1-2-11-3-5-13(6-4-11)17(14-7-8-14)15(18)12-9-16-10-12;/h11-14,16H,2-10H2,1H3;1H. The van der Waals surface area contributed by atoms with Crippen molar-refractivity contribution >= 4 is 18.3 Å². The van der Waals surface area contributed by atoms with E-state index in [4.69, 9.17) is 0 Å². The van der Waals surface area contributed by atoms with E-state index >= 15 is 0 Å². The normalized spacial score (nSPS) is 31.2. The fraction of sp³-hybridized carbons (Fsp3) is 0.933. The first-order chi connectivity index (χ1) is 8.79. The molecule has 0 atom stereocenters. The maximum Gasteiger partial charge on any atom is 0.228 e. The number of hydrogen-bond donors (Lipinski definition) is 1. The molecule has 2 saturated carbocycles. The van der Waals surface area contributed by atoms with Gasteiger partial charge in [0.25, 0.3) is 0 Å². The van der Waals surface area contributed by atoms with Gasteiger partial charge >= 0.3 is 0 Å². The van der Waals surface area contributed by atoms with Crippen LogP contribution < -0.4 is 5.32 Å². The van der Waals surface area contributed by atoms with Crippen molar-refractivity contribution in [3.63, 3.8) is 0 Å². The van der Waals surface area contributed by atoms with Crippen LogP contribution in [0.1, 0.15) is 51.9 Å². The quantitative estimate of drug-likeness (QED) is 0.861. The van der Waals surface area contributed by atoms with E-state index < -0.39 is 0 Å². The Morgan fingerprint density at radius 3 is 1.95 bits per heavy atom. The minimum atomic E-state index is 0. The molecule has 1 amide bonds. The summed E-state index contributed by atoms with van der Waals surface area (Å²) in [5.41, 5.74) is 0. The molecule has 1 heterocycles. The summed E-state index contributed by atoms with van der Waals surface area (Å²) in [6.45, 7) is 4.12. The molecule has 1 saturated heterocycles. The lowest BCUT2D eigenvalue weighted by Gasteiger charge is -2.40. The Hall–Kier alpha value is -0.280. The molecule has 19 heavy (non-hydrogen) atoms. The van der Waals surface area contributed by atoms with Gasteiger partial charge in [0.05, 0.1) is 5.92 Å². The average molecular weight is 287 g/mol. The fourth-order valence-corrected chi connectivity index (χ4v) is 3.52. The Bertz CT molecular complexity index is 307. The summed E-state index contributed by atoms with van der Waals surface area (Å²) in [7, 11) is 0. The zero-order valence-corrected chi connectivity index (χ0v) is 12.8. The smallest absolute Gasteiger partial charge is 0.228 e. The molecule has 0 aromatic carbocycles. The highest BCUT2D eigenvalue weighted by atomic mass is 35.5. The second-order valence-corrected chi connectivity index (χ2v) is 6.41. The van der Waals surface area contributed by atoms with E-state index in [1.165, 1.54) is 44.9 Å². The summed E-state index contributed by atoms with van der Waals surface area (Å²) >= 11 is 0. The molecule has 2 aliphatic carbocycles. The molecule has 4 heteroatoms. The van der Waals surface area contributed by atoms with E-state index in [-0.39, 0.29) is 18.3 Å². The number of nitrogens with one attached hydrogen (secondary N) is 1. The summed E-state index contributed by atoms with van der Waals surface area (Å²) in [4.78, 5) is 14.8. The van der Waals surface area contributed by atoms with Crippen molar-refractivity contribution in [3.05, 3.63) is 0 Å². The number of hydrogen-bond acceptors (Lipinski definition) is 2. The lowest BCUT2D eigenvalue weighted by Crippen LogP contribution is -2.55. The van der Waals surface area contributed by atoms with Gasteiger partial charge in [0, 0.05) is 25.2 Å². The van der Waals surface area contributed by atoms with Gasteiger partial charge in [-0.3, -0.25) is 4.79 Å². The van der Waals surface area contributed by atoms with Crippen molar-refractivity contribution in [2.24, 2.45) is 11.8 Å². The highest BCUT2D eigenvalue weighted by Crippen LogP contribution is 2.37. The first-order valence-electron chi connectivity index (χ1n) is 7.82. The van der Waals surface area contributed by atoms with Crippen molar-refractivity contribution in [1.82, 2.24) is 10.2 Å². The van der Waals surface area contributed by atoms with Crippen LogP contribution in [0.3, 0.4) is 0 Å². The van der Waals surface area contributed by atoms with Crippen LogP contribution in [0.2, 0.25) is 0 Å². The average Bonchev–Trinajstić information content (AvgIpc) is 3.12. The Morgan fingerprint density at radius 2 is 1.58 bits per heavy atom. The topological polar surface area (TPSA) is 32.3 Å². The molecule has 0 aromatic rings. The SMILES string of the molecule is CCC1CCC(N(C(=O)C2CNC2)C2CC2)CC1.Cl. The van der Waals surface area contributed by atoms with Crippen molar-refractivity contribution in [3.8, 4) is 0 Å². The maximum absolute atomic E-state index is 12.5. The Labute approximate surface area is 122 Å². The van der Waals surface area contributed by atoms with Crippen LogP contribution in [0.15, 0.2) is 0 Å². The summed E-state index contributed by atoms with van der Waals surface area (Å²) in [6.07, 6.45) is 8.98. The Balaban J connectivity index is 0.00000133. The highest BCUT2D eigenvalue weighted by Gasteiger charge is 2.42. The predicted octanol–water partition coefficient (Wildman–Crippen LogP) is 2.59. The Morgan fingerprint density at radius 1 is 1.05 bits per heavy atom. The molecule has 0 unspecified atom stereocenters. The number of amides is 1. The van der Waals surface area contributed by atoms with Gasteiger partial charge in [0.2, 0.25) is 5.91 Å². The zero-order chi connectivity index (χ0) is 12.5. The molecule has 1 N–H and O–H groups in total. The van der Waals surface area contributed by atoms with E-state index in [1.807, 2.05) is 0 Å². The lowest BCUT2D eigenvalue weighted by atomic mass is 9.83. The van der Waals surface area contributed by atoms with Crippen LogP contribution in [-0.4, -0.2) is 36.0 Å². The monoisotopic (exact) mass is 286 g/mol. The van der Waals surface area contributed by atoms with Crippen molar-refractivity contribution in [1.29, 1.82) is 0 Å². The van der Waals surface area contributed by atoms with E-state index in [0.29, 0.717) is 18.0 Å². The third-order valence-electron chi connectivity index (χ3n) is 5.11. The molecular weight excluding hydrogens is 260 g/mol. The van der Waals surface area contributed by atoms with Crippen molar-refractivity contribution in [2.45, 2.75) is 64.0 Å². The molecule has 1 aliphatic heterocycles.